The second-order valence-corrected chi connectivity index (χ2v) is 11.8. The molecule has 2 aliphatic heterocycles. The molecular weight excluding hydrogens is 494 g/mol. The lowest BCUT2D eigenvalue weighted by Crippen LogP contribution is -2.51. The molecule has 1 fully saturated rings. The molecule has 1 aromatic carbocycles. The summed E-state index contributed by atoms with van der Waals surface area (Å²) in [6, 6.07) is 4.33. The highest BCUT2D eigenvalue weighted by molar-refractivity contribution is 7.89. The molecule has 2 aliphatic rings. The van der Waals surface area contributed by atoms with Crippen molar-refractivity contribution in [3.8, 4) is 0 Å². The average molecular weight is 536 g/mol. The molecule has 3 rings (SSSR count). The molecule has 12 heteroatoms. The molecule has 0 aromatic heterocycles. The largest absolute Gasteiger partial charge is 0.383 e. The number of sulfonamides is 1. The van der Waals surface area contributed by atoms with E-state index in [2.05, 4.69) is 27.3 Å². The molecule has 0 spiro atoms. The molecule has 2 amide bonds. The Bertz CT molecular complexity index is 1080. The molecule has 0 radical (unpaired) electrons. The van der Waals surface area contributed by atoms with Crippen LogP contribution in [0.5, 0.6) is 0 Å². The number of para-hydroxylation sites is 1. The van der Waals surface area contributed by atoms with Crippen molar-refractivity contribution < 1.29 is 18.0 Å². The standard InChI is InChI=1S/C25H41N7O4S/c1-17-15-20-5-3-7-22(23(20)30-16-17)37(35,36)31-21(6-4-11-29-25(26)27)24(34)32-13-9-19(10-14-32)8-12-28-18(2)33/h3,5,7,17,19,21,30-31H,4,6,8-16H2,1-2H3,(H,28,33)(H4,26,27,29). The number of carbonyl (C=O) groups is 2. The van der Waals surface area contributed by atoms with Gasteiger partial charge < -0.3 is 27.0 Å². The molecule has 1 saturated heterocycles. The molecule has 11 nitrogen and oxygen atoms in total. The minimum Gasteiger partial charge on any atom is -0.383 e. The number of rotatable bonds is 11. The van der Waals surface area contributed by atoms with E-state index >= 15 is 0 Å². The topological polar surface area (TPSA) is 172 Å². The number of nitrogens with one attached hydrogen (secondary N) is 3. The second kappa shape index (κ2) is 13.1. The van der Waals surface area contributed by atoms with E-state index in [1.807, 2.05) is 6.07 Å². The Morgan fingerprint density at radius 2 is 1.97 bits per heavy atom. The fourth-order valence-electron chi connectivity index (χ4n) is 5.00. The van der Waals surface area contributed by atoms with Crippen LogP contribution in [-0.2, 0) is 26.0 Å². The lowest BCUT2D eigenvalue weighted by atomic mass is 9.93. The van der Waals surface area contributed by atoms with Gasteiger partial charge in [0.25, 0.3) is 0 Å². The number of guanidine groups is 1. The van der Waals surface area contributed by atoms with E-state index in [1.165, 1.54) is 6.92 Å². The van der Waals surface area contributed by atoms with E-state index in [1.54, 1.807) is 17.0 Å². The van der Waals surface area contributed by atoms with Crippen LogP contribution in [0.3, 0.4) is 0 Å². The van der Waals surface area contributed by atoms with Gasteiger partial charge in [-0.15, -0.1) is 0 Å². The van der Waals surface area contributed by atoms with Crippen molar-refractivity contribution in [2.75, 3.05) is 38.0 Å². The minimum atomic E-state index is -3.97. The Morgan fingerprint density at radius 3 is 2.65 bits per heavy atom. The van der Waals surface area contributed by atoms with Gasteiger partial charge in [0.1, 0.15) is 10.9 Å². The highest BCUT2D eigenvalue weighted by Gasteiger charge is 2.33. The van der Waals surface area contributed by atoms with Gasteiger partial charge in [0.15, 0.2) is 5.96 Å². The van der Waals surface area contributed by atoms with Crippen molar-refractivity contribution in [3.05, 3.63) is 23.8 Å². The molecule has 2 heterocycles. The van der Waals surface area contributed by atoms with Crippen LogP contribution in [-0.4, -0.2) is 69.9 Å². The Balaban J connectivity index is 1.71. The molecule has 2 atom stereocenters. The predicted molar refractivity (Wildman–Crippen MR) is 144 cm³/mol. The first-order valence-corrected chi connectivity index (χ1v) is 14.5. The van der Waals surface area contributed by atoms with Crippen molar-refractivity contribution in [2.24, 2.45) is 28.3 Å². The van der Waals surface area contributed by atoms with Gasteiger partial charge in [-0.05, 0) is 62.0 Å². The van der Waals surface area contributed by atoms with Crippen molar-refractivity contribution in [1.29, 1.82) is 0 Å². The summed E-state index contributed by atoms with van der Waals surface area (Å²) < 4.78 is 29.7. The average Bonchev–Trinajstić information content (AvgIpc) is 2.85. The lowest BCUT2D eigenvalue weighted by molar-refractivity contribution is -0.134. The van der Waals surface area contributed by atoms with Gasteiger partial charge in [-0.1, -0.05) is 19.1 Å². The van der Waals surface area contributed by atoms with Crippen LogP contribution in [0.4, 0.5) is 5.69 Å². The molecule has 2 unspecified atom stereocenters. The number of aliphatic imine (C=N–C) groups is 1. The summed E-state index contributed by atoms with van der Waals surface area (Å²) in [5, 5.41) is 6.08. The van der Waals surface area contributed by atoms with Gasteiger partial charge in [0.2, 0.25) is 21.8 Å². The summed E-state index contributed by atoms with van der Waals surface area (Å²) in [6.07, 6.45) is 4.01. The Hall–Kier alpha value is -2.86. The first-order valence-electron chi connectivity index (χ1n) is 13.0. The maximum Gasteiger partial charge on any atom is 0.243 e. The molecule has 206 valence electrons. The Kier molecular flexibility index (Phi) is 10.2. The van der Waals surface area contributed by atoms with Crippen LogP contribution in [0.15, 0.2) is 28.1 Å². The SMILES string of the molecule is CC(=O)NCCC1CCN(C(=O)C(CCCN=C(N)N)NS(=O)(=O)c2cccc3c2NCC(C)C3)CC1. The van der Waals surface area contributed by atoms with Gasteiger partial charge in [0.05, 0.1) is 5.69 Å². The van der Waals surface area contributed by atoms with E-state index in [-0.39, 0.29) is 29.1 Å². The number of hydrogen-bond acceptors (Lipinski definition) is 6. The third-order valence-corrected chi connectivity index (χ3v) is 8.51. The summed E-state index contributed by atoms with van der Waals surface area (Å²) in [7, 11) is -3.97. The zero-order valence-electron chi connectivity index (χ0n) is 21.8. The third kappa shape index (κ3) is 8.32. The summed E-state index contributed by atoms with van der Waals surface area (Å²) in [4.78, 5) is 30.5. The monoisotopic (exact) mass is 535 g/mol. The van der Waals surface area contributed by atoms with E-state index in [9.17, 15) is 18.0 Å². The van der Waals surface area contributed by atoms with Gasteiger partial charge in [-0.2, -0.15) is 4.72 Å². The highest BCUT2D eigenvalue weighted by atomic mass is 32.2. The van der Waals surface area contributed by atoms with Crippen LogP contribution in [0.1, 0.15) is 51.5 Å². The van der Waals surface area contributed by atoms with Crippen LogP contribution >= 0.6 is 0 Å². The van der Waals surface area contributed by atoms with Crippen molar-refractivity contribution in [2.45, 2.75) is 63.3 Å². The maximum atomic E-state index is 13.5. The van der Waals surface area contributed by atoms with Crippen LogP contribution in [0.2, 0.25) is 0 Å². The number of benzene rings is 1. The molecule has 1 aromatic rings. The zero-order chi connectivity index (χ0) is 27.0. The normalized spacial score (nSPS) is 18.9. The number of piperidine rings is 1. The summed E-state index contributed by atoms with van der Waals surface area (Å²) >= 11 is 0. The molecule has 0 bridgehead atoms. The van der Waals surface area contributed by atoms with E-state index in [4.69, 9.17) is 11.5 Å². The van der Waals surface area contributed by atoms with Crippen molar-refractivity contribution >= 4 is 33.5 Å². The van der Waals surface area contributed by atoms with Crippen LogP contribution in [0.25, 0.3) is 0 Å². The van der Waals surface area contributed by atoms with E-state index < -0.39 is 16.1 Å². The van der Waals surface area contributed by atoms with Crippen molar-refractivity contribution in [3.63, 3.8) is 0 Å². The van der Waals surface area contributed by atoms with Gasteiger partial charge in [-0.3, -0.25) is 14.6 Å². The first-order chi connectivity index (χ1) is 17.6. The number of anilines is 1. The molecule has 37 heavy (non-hydrogen) atoms. The van der Waals surface area contributed by atoms with Crippen LogP contribution in [0, 0.1) is 11.8 Å². The molecule has 7 N–H and O–H groups in total. The smallest absolute Gasteiger partial charge is 0.243 e. The van der Waals surface area contributed by atoms with Gasteiger partial charge >= 0.3 is 0 Å². The van der Waals surface area contributed by atoms with E-state index in [0.717, 1.165) is 31.2 Å². The highest BCUT2D eigenvalue weighted by Crippen LogP contribution is 2.31. The van der Waals surface area contributed by atoms with Gasteiger partial charge in [-0.25, -0.2) is 8.42 Å². The fraction of sp³-hybridized carbons (Fsp3) is 0.640. The first kappa shape index (κ1) is 28.7. The summed E-state index contributed by atoms with van der Waals surface area (Å²) in [5.74, 6) is 0.496. The number of fused-ring (bicyclic) bond motifs is 1. The molecule has 0 saturated carbocycles. The number of amides is 2. The molecular formula is C25H41N7O4S. The number of hydrogen-bond donors (Lipinski definition) is 5. The lowest BCUT2D eigenvalue weighted by Gasteiger charge is -2.34. The maximum absolute atomic E-state index is 13.5. The number of nitrogens with zero attached hydrogens (tertiary/aromatic N) is 2. The van der Waals surface area contributed by atoms with Crippen molar-refractivity contribution in [1.82, 2.24) is 14.9 Å². The third-order valence-electron chi connectivity index (χ3n) is 6.99. The Morgan fingerprint density at radius 1 is 1.24 bits per heavy atom. The minimum absolute atomic E-state index is 0.0407. The summed E-state index contributed by atoms with van der Waals surface area (Å²) in [6.45, 7) is 6.33. The number of nitrogens with two attached hydrogens (primary N) is 2. The molecule has 0 aliphatic carbocycles. The van der Waals surface area contributed by atoms with Crippen LogP contribution < -0.4 is 26.8 Å². The number of carbonyl (C=O) groups excluding carboxylic acids is 2. The quantitative estimate of drug-likeness (QED) is 0.158. The van der Waals surface area contributed by atoms with E-state index in [0.29, 0.717) is 56.7 Å². The predicted octanol–water partition coefficient (Wildman–Crippen LogP) is 0.756. The Labute approximate surface area is 219 Å². The fourth-order valence-corrected chi connectivity index (χ4v) is 6.45. The summed E-state index contributed by atoms with van der Waals surface area (Å²) in [5.41, 5.74) is 12.4. The van der Waals surface area contributed by atoms with Gasteiger partial charge in [0, 0.05) is 39.6 Å². The second-order valence-electron chi connectivity index (χ2n) is 10.1. The zero-order valence-corrected chi connectivity index (χ0v) is 22.6. The number of likely N-dealkylation sites (tertiary alicyclic amines) is 1.